The van der Waals surface area contributed by atoms with Gasteiger partial charge < -0.3 is 14.9 Å². The van der Waals surface area contributed by atoms with Crippen LogP contribution in [-0.4, -0.2) is 59.4 Å². The Kier molecular flexibility index (Phi) is 6.07. The predicted octanol–water partition coefficient (Wildman–Crippen LogP) is 2.39. The van der Waals surface area contributed by atoms with Crippen LogP contribution in [0.5, 0.6) is 0 Å². The Morgan fingerprint density at radius 3 is 2.42 bits per heavy atom. The first-order valence-corrected chi connectivity index (χ1v) is 8.26. The molecule has 0 aliphatic carbocycles. The van der Waals surface area contributed by atoms with E-state index in [4.69, 9.17) is 28.3 Å². The van der Waals surface area contributed by atoms with E-state index in [-0.39, 0.29) is 28.9 Å². The fraction of sp³-hybridized carbons (Fsp3) is 0.438. The first-order valence-electron chi connectivity index (χ1n) is 7.50. The van der Waals surface area contributed by atoms with Crippen LogP contribution in [0.1, 0.15) is 23.2 Å². The zero-order valence-corrected chi connectivity index (χ0v) is 14.7. The second-order valence-corrected chi connectivity index (χ2v) is 6.62. The summed E-state index contributed by atoms with van der Waals surface area (Å²) in [7, 11) is 1.52. The third-order valence-electron chi connectivity index (χ3n) is 4.08. The summed E-state index contributed by atoms with van der Waals surface area (Å²) in [6.45, 7) is 0.689. The topological polar surface area (TPSA) is 77.9 Å². The van der Waals surface area contributed by atoms with Gasteiger partial charge in [-0.05, 0) is 31.0 Å². The molecule has 0 atom stereocenters. The van der Waals surface area contributed by atoms with Gasteiger partial charge in [0, 0.05) is 25.2 Å². The molecule has 0 radical (unpaired) electrons. The van der Waals surface area contributed by atoms with E-state index in [0.29, 0.717) is 31.0 Å². The number of nitrogens with zero attached hydrogens (tertiary/aromatic N) is 2. The lowest BCUT2D eigenvalue weighted by Crippen LogP contribution is -2.45. The average molecular weight is 373 g/mol. The zero-order chi connectivity index (χ0) is 17.9. The van der Waals surface area contributed by atoms with Gasteiger partial charge in [-0.1, -0.05) is 23.2 Å². The van der Waals surface area contributed by atoms with Gasteiger partial charge in [0.1, 0.15) is 0 Å². The Bertz CT molecular complexity index is 657. The molecule has 1 aliphatic heterocycles. The lowest BCUT2D eigenvalue weighted by molar-refractivity contribution is -0.145. The molecule has 2 rings (SSSR count). The number of aliphatic carboxylic acids is 1. The minimum atomic E-state index is -0.827. The van der Waals surface area contributed by atoms with E-state index in [1.54, 1.807) is 11.0 Å². The van der Waals surface area contributed by atoms with Gasteiger partial charge in [0.05, 0.1) is 23.0 Å². The molecule has 1 aromatic carbocycles. The van der Waals surface area contributed by atoms with Gasteiger partial charge in [-0.25, -0.2) is 0 Å². The summed E-state index contributed by atoms with van der Waals surface area (Å²) in [4.78, 5) is 38.5. The Morgan fingerprint density at radius 2 is 1.88 bits per heavy atom. The molecule has 0 unspecified atom stereocenters. The fourth-order valence-corrected chi connectivity index (χ4v) is 3.11. The third-order valence-corrected chi connectivity index (χ3v) is 4.63. The van der Waals surface area contributed by atoms with Crippen molar-refractivity contribution in [1.82, 2.24) is 9.80 Å². The number of hydrogen-bond acceptors (Lipinski definition) is 3. The number of carboxylic acids is 1. The number of halogens is 2. The molecule has 1 aliphatic rings. The first kappa shape index (κ1) is 18.5. The van der Waals surface area contributed by atoms with Crippen LogP contribution in [0.2, 0.25) is 10.0 Å². The highest BCUT2D eigenvalue weighted by Crippen LogP contribution is 2.22. The van der Waals surface area contributed by atoms with Crippen molar-refractivity contribution in [3.05, 3.63) is 33.8 Å². The molecule has 1 heterocycles. The number of carbonyl (C=O) groups excluding carboxylic acids is 2. The maximum Gasteiger partial charge on any atom is 0.306 e. The summed E-state index contributed by atoms with van der Waals surface area (Å²) in [6.07, 6.45) is 0.865. The van der Waals surface area contributed by atoms with Crippen molar-refractivity contribution in [1.29, 1.82) is 0 Å². The maximum atomic E-state index is 12.4. The van der Waals surface area contributed by atoms with Crippen LogP contribution in [-0.2, 0) is 9.59 Å². The molecule has 8 heteroatoms. The predicted molar refractivity (Wildman–Crippen MR) is 90.4 cm³/mol. The van der Waals surface area contributed by atoms with Crippen LogP contribution in [0.15, 0.2) is 18.2 Å². The average Bonchev–Trinajstić information content (AvgIpc) is 2.54. The van der Waals surface area contributed by atoms with E-state index in [9.17, 15) is 14.4 Å². The van der Waals surface area contributed by atoms with Gasteiger partial charge in [-0.15, -0.1) is 0 Å². The zero-order valence-electron chi connectivity index (χ0n) is 13.2. The molecule has 1 aromatic rings. The summed E-state index contributed by atoms with van der Waals surface area (Å²) in [6, 6.07) is 4.56. The molecule has 0 aromatic heterocycles. The normalized spacial score (nSPS) is 15.2. The monoisotopic (exact) mass is 372 g/mol. The summed E-state index contributed by atoms with van der Waals surface area (Å²) >= 11 is 11.8. The number of piperidine rings is 1. The highest BCUT2D eigenvalue weighted by atomic mass is 35.5. The molecule has 0 bridgehead atoms. The van der Waals surface area contributed by atoms with Crippen molar-refractivity contribution < 1.29 is 19.5 Å². The van der Waals surface area contributed by atoms with Crippen molar-refractivity contribution in [2.24, 2.45) is 5.92 Å². The largest absolute Gasteiger partial charge is 0.481 e. The molecule has 2 amide bonds. The van der Waals surface area contributed by atoms with E-state index in [2.05, 4.69) is 0 Å². The number of likely N-dealkylation sites (tertiary alicyclic amines) is 1. The third kappa shape index (κ3) is 4.39. The van der Waals surface area contributed by atoms with E-state index in [1.807, 2.05) is 0 Å². The second kappa shape index (κ2) is 7.85. The summed E-state index contributed by atoms with van der Waals surface area (Å²) in [5.41, 5.74) is 0.279. The quantitative estimate of drug-likeness (QED) is 0.879. The number of rotatable bonds is 4. The molecule has 6 nitrogen and oxygen atoms in total. The smallest absolute Gasteiger partial charge is 0.306 e. The van der Waals surface area contributed by atoms with Crippen molar-refractivity contribution in [3.8, 4) is 0 Å². The standard InChI is InChI=1S/C16H18Cl2N2O4/c1-19(15(22)12-3-2-11(17)8-13(12)18)9-14(21)20-6-4-10(5-7-20)16(23)24/h2-3,8,10H,4-7,9H2,1H3,(H,23,24). The molecular formula is C16H18Cl2N2O4. The minimum Gasteiger partial charge on any atom is -0.481 e. The summed E-state index contributed by atoms with van der Waals surface area (Å²) < 4.78 is 0. The number of amides is 2. The molecular weight excluding hydrogens is 355 g/mol. The highest BCUT2D eigenvalue weighted by molar-refractivity contribution is 6.36. The van der Waals surface area contributed by atoms with Crippen molar-refractivity contribution in [3.63, 3.8) is 0 Å². The lowest BCUT2D eigenvalue weighted by Gasteiger charge is -2.31. The lowest BCUT2D eigenvalue weighted by atomic mass is 9.97. The van der Waals surface area contributed by atoms with Crippen LogP contribution in [0.3, 0.4) is 0 Å². The number of hydrogen-bond donors (Lipinski definition) is 1. The first-order chi connectivity index (χ1) is 11.3. The highest BCUT2D eigenvalue weighted by Gasteiger charge is 2.28. The van der Waals surface area contributed by atoms with Crippen molar-refractivity contribution in [2.75, 3.05) is 26.7 Å². The van der Waals surface area contributed by atoms with Crippen molar-refractivity contribution in [2.45, 2.75) is 12.8 Å². The van der Waals surface area contributed by atoms with Gasteiger partial charge in [-0.3, -0.25) is 14.4 Å². The van der Waals surface area contributed by atoms with Gasteiger partial charge in [0.2, 0.25) is 5.91 Å². The summed E-state index contributed by atoms with van der Waals surface area (Å²) in [5, 5.41) is 9.63. The van der Waals surface area contributed by atoms with Crippen molar-refractivity contribution >= 4 is 41.0 Å². The summed E-state index contributed by atoms with van der Waals surface area (Å²) in [5.74, 6) is -1.81. The van der Waals surface area contributed by atoms with E-state index in [1.165, 1.54) is 24.1 Å². The van der Waals surface area contributed by atoms with Gasteiger partial charge in [0.15, 0.2) is 0 Å². The molecule has 1 fully saturated rings. The van der Waals surface area contributed by atoms with E-state index < -0.39 is 11.9 Å². The Morgan fingerprint density at radius 1 is 1.25 bits per heavy atom. The molecule has 130 valence electrons. The Labute approximate surface area is 149 Å². The number of likely N-dealkylation sites (N-methyl/N-ethyl adjacent to an activating group) is 1. The minimum absolute atomic E-state index is 0.0878. The maximum absolute atomic E-state index is 12.4. The SMILES string of the molecule is CN(CC(=O)N1CCC(C(=O)O)CC1)C(=O)c1ccc(Cl)cc1Cl. The number of benzene rings is 1. The molecule has 1 N–H and O–H groups in total. The second-order valence-electron chi connectivity index (χ2n) is 5.78. The molecule has 24 heavy (non-hydrogen) atoms. The molecule has 0 saturated carbocycles. The number of carboxylic acid groups (broad SMARTS) is 1. The van der Waals surface area contributed by atoms with Crippen LogP contribution < -0.4 is 0 Å². The van der Waals surface area contributed by atoms with Crippen LogP contribution in [0, 0.1) is 5.92 Å². The van der Waals surface area contributed by atoms with Gasteiger partial charge >= 0.3 is 5.97 Å². The van der Waals surface area contributed by atoms with E-state index in [0.717, 1.165) is 0 Å². The van der Waals surface area contributed by atoms with Gasteiger partial charge in [-0.2, -0.15) is 0 Å². The van der Waals surface area contributed by atoms with Crippen LogP contribution >= 0.6 is 23.2 Å². The Balaban J connectivity index is 1.94. The van der Waals surface area contributed by atoms with Crippen LogP contribution in [0.25, 0.3) is 0 Å². The van der Waals surface area contributed by atoms with Crippen LogP contribution in [0.4, 0.5) is 0 Å². The number of carbonyl (C=O) groups is 3. The Hall–Kier alpha value is -1.79. The van der Waals surface area contributed by atoms with E-state index >= 15 is 0 Å². The van der Waals surface area contributed by atoms with Gasteiger partial charge in [0.25, 0.3) is 5.91 Å². The molecule has 1 saturated heterocycles. The fourth-order valence-electron chi connectivity index (χ4n) is 2.62. The molecule has 0 spiro atoms.